The maximum absolute atomic E-state index is 6.08. The largest absolute Gasteiger partial charge is 0.488 e. The van der Waals surface area contributed by atoms with E-state index in [9.17, 15) is 0 Å². The number of rotatable bonds is 7. The van der Waals surface area contributed by atoms with Crippen LogP contribution in [0.25, 0.3) is 10.8 Å². The number of ether oxygens (including phenoxy) is 1. The fraction of sp³-hybridized carbons (Fsp3) is 0.444. The van der Waals surface area contributed by atoms with E-state index < -0.39 is 0 Å². The van der Waals surface area contributed by atoms with Gasteiger partial charge in [0.1, 0.15) is 11.9 Å². The summed E-state index contributed by atoms with van der Waals surface area (Å²) < 4.78 is 7.12. The SMILES string of the molecule is CCC(CC)NCC(C)Oc1ccc2ccccc2c1Br. The Morgan fingerprint density at radius 1 is 1.10 bits per heavy atom. The summed E-state index contributed by atoms with van der Waals surface area (Å²) in [6.45, 7) is 7.40. The van der Waals surface area contributed by atoms with Gasteiger partial charge in [-0.3, -0.25) is 0 Å². The van der Waals surface area contributed by atoms with Crippen molar-refractivity contribution in [1.82, 2.24) is 5.32 Å². The van der Waals surface area contributed by atoms with Crippen molar-refractivity contribution >= 4 is 26.7 Å². The zero-order valence-electron chi connectivity index (χ0n) is 13.0. The molecule has 0 spiro atoms. The highest BCUT2D eigenvalue weighted by Crippen LogP contribution is 2.33. The molecule has 21 heavy (non-hydrogen) atoms. The second kappa shape index (κ2) is 7.81. The van der Waals surface area contributed by atoms with E-state index in [1.54, 1.807) is 0 Å². The van der Waals surface area contributed by atoms with Crippen molar-refractivity contribution in [2.45, 2.75) is 45.8 Å². The summed E-state index contributed by atoms with van der Waals surface area (Å²) in [6, 6.07) is 13.1. The summed E-state index contributed by atoms with van der Waals surface area (Å²) >= 11 is 3.67. The molecule has 0 aliphatic carbocycles. The quantitative estimate of drug-likeness (QED) is 0.746. The highest BCUT2D eigenvalue weighted by Gasteiger charge is 2.11. The molecule has 0 heterocycles. The molecule has 0 amide bonds. The molecule has 2 aromatic carbocycles. The second-order valence-corrected chi connectivity index (χ2v) is 6.24. The summed E-state index contributed by atoms with van der Waals surface area (Å²) in [7, 11) is 0. The molecular weight excluding hydrogens is 326 g/mol. The van der Waals surface area contributed by atoms with Gasteiger partial charge in [-0.1, -0.05) is 44.2 Å². The fourth-order valence-corrected chi connectivity index (χ4v) is 3.06. The molecule has 0 bridgehead atoms. The average molecular weight is 350 g/mol. The Kier molecular flexibility index (Phi) is 6.07. The summed E-state index contributed by atoms with van der Waals surface area (Å²) in [4.78, 5) is 0. The summed E-state index contributed by atoms with van der Waals surface area (Å²) in [5.74, 6) is 0.910. The Labute approximate surface area is 136 Å². The number of fused-ring (bicyclic) bond motifs is 1. The topological polar surface area (TPSA) is 21.3 Å². The Hall–Kier alpha value is -1.06. The first kappa shape index (κ1) is 16.3. The molecule has 2 nitrogen and oxygen atoms in total. The lowest BCUT2D eigenvalue weighted by Crippen LogP contribution is -2.36. The van der Waals surface area contributed by atoms with Crippen molar-refractivity contribution in [3.8, 4) is 5.75 Å². The molecule has 0 fully saturated rings. The van der Waals surface area contributed by atoms with Gasteiger partial charge in [0, 0.05) is 12.6 Å². The molecule has 0 saturated carbocycles. The first-order valence-electron chi connectivity index (χ1n) is 7.73. The van der Waals surface area contributed by atoms with E-state index in [1.807, 2.05) is 6.07 Å². The van der Waals surface area contributed by atoms with Crippen LogP contribution in [0, 0.1) is 0 Å². The van der Waals surface area contributed by atoms with Crippen molar-refractivity contribution in [3.63, 3.8) is 0 Å². The molecule has 1 N–H and O–H groups in total. The minimum absolute atomic E-state index is 0.142. The van der Waals surface area contributed by atoms with Crippen molar-refractivity contribution in [2.75, 3.05) is 6.54 Å². The molecule has 0 saturated heterocycles. The van der Waals surface area contributed by atoms with Crippen molar-refractivity contribution in [3.05, 3.63) is 40.9 Å². The lowest BCUT2D eigenvalue weighted by Gasteiger charge is -2.21. The van der Waals surface area contributed by atoms with E-state index in [4.69, 9.17) is 4.74 Å². The summed E-state index contributed by atoms with van der Waals surface area (Å²) in [5, 5.41) is 5.97. The van der Waals surface area contributed by atoms with Crippen LogP contribution in [-0.4, -0.2) is 18.7 Å². The second-order valence-electron chi connectivity index (χ2n) is 5.45. The average Bonchev–Trinajstić information content (AvgIpc) is 2.51. The number of hydrogen-bond donors (Lipinski definition) is 1. The maximum atomic E-state index is 6.08. The lowest BCUT2D eigenvalue weighted by molar-refractivity contribution is 0.209. The van der Waals surface area contributed by atoms with Gasteiger partial charge in [-0.15, -0.1) is 0 Å². The molecule has 0 radical (unpaired) electrons. The Morgan fingerprint density at radius 2 is 1.81 bits per heavy atom. The van der Waals surface area contributed by atoms with Crippen LogP contribution in [0.1, 0.15) is 33.6 Å². The third-order valence-electron chi connectivity index (χ3n) is 3.84. The third-order valence-corrected chi connectivity index (χ3v) is 4.65. The molecule has 0 aromatic heterocycles. The van der Waals surface area contributed by atoms with E-state index in [2.05, 4.69) is 72.3 Å². The Morgan fingerprint density at radius 3 is 2.52 bits per heavy atom. The number of hydrogen-bond acceptors (Lipinski definition) is 2. The molecule has 0 aliphatic heterocycles. The van der Waals surface area contributed by atoms with E-state index in [0.29, 0.717) is 6.04 Å². The van der Waals surface area contributed by atoms with E-state index >= 15 is 0 Å². The van der Waals surface area contributed by atoms with Gasteiger partial charge in [0.25, 0.3) is 0 Å². The molecule has 1 atom stereocenters. The first-order chi connectivity index (χ1) is 10.2. The fourth-order valence-electron chi connectivity index (χ4n) is 2.47. The molecule has 1 unspecified atom stereocenters. The Bertz CT molecular complexity index is 580. The highest BCUT2D eigenvalue weighted by atomic mass is 79.9. The van der Waals surface area contributed by atoms with Crippen molar-refractivity contribution in [2.24, 2.45) is 0 Å². The van der Waals surface area contributed by atoms with Crippen LogP contribution in [0.2, 0.25) is 0 Å². The van der Waals surface area contributed by atoms with Gasteiger partial charge in [-0.05, 0) is 52.5 Å². The van der Waals surface area contributed by atoms with Crippen LogP contribution in [0.5, 0.6) is 5.75 Å². The Balaban J connectivity index is 2.04. The molecule has 3 heteroatoms. The van der Waals surface area contributed by atoms with E-state index in [1.165, 1.54) is 10.8 Å². The van der Waals surface area contributed by atoms with Crippen molar-refractivity contribution in [1.29, 1.82) is 0 Å². The molecule has 2 aromatic rings. The molecule has 2 rings (SSSR count). The molecule has 114 valence electrons. The highest BCUT2D eigenvalue weighted by molar-refractivity contribution is 9.10. The third kappa shape index (κ3) is 4.21. The number of halogens is 1. The first-order valence-corrected chi connectivity index (χ1v) is 8.52. The van der Waals surface area contributed by atoms with E-state index in [0.717, 1.165) is 29.6 Å². The number of nitrogens with one attached hydrogen (secondary N) is 1. The van der Waals surface area contributed by atoms with Gasteiger partial charge < -0.3 is 10.1 Å². The lowest BCUT2D eigenvalue weighted by atomic mass is 10.1. The smallest absolute Gasteiger partial charge is 0.134 e. The monoisotopic (exact) mass is 349 g/mol. The van der Waals surface area contributed by atoms with Crippen LogP contribution >= 0.6 is 15.9 Å². The van der Waals surface area contributed by atoms with Gasteiger partial charge in [0.15, 0.2) is 0 Å². The number of benzene rings is 2. The van der Waals surface area contributed by atoms with Crippen LogP contribution in [0.15, 0.2) is 40.9 Å². The predicted molar refractivity (Wildman–Crippen MR) is 94.1 cm³/mol. The zero-order valence-corrected chi connectivity index (χ0v) is 14.6. The van der Waals surface area contributed by atoms with Crippen molar-refractivity contribution < 1.29 is 4.74 Å². The van der Waals surface area contributed by atoms with Crippen LogP contribution in [0.4, 0.5) is 0 Å². The zero-order chi connectivity index (χ0) is 15.2. The standard InChI is InChI=1S/C18H24BrNO/c1-4-15(5-2)20-12-13(3)21-17-11-10-14-8-6-7-9-16(14)18(17)19/h6-11,13,15,20H,4-5,12H2,1-3H3. The summed E-state index contributed by atoms with van der Waals surface area (Å²) in [5.41, 5.74) is 0. The van der Waals surface area contributed by atoms with Gasteiger partial charge in [0.2, 0.25) is 0 Å². The van der Waals surface area contributed by atoms with Crippen LogP contribution < -0.4 is 10.1 Å². The summed E-state index contributed by atoms with van der Waals surface area (Å²) in [6.07, 6.45) is 2.45. The molecule has 0 aliphatic rings. The normalized spacial score (nSPS) is 12.8. The minimum Gasteiger partial charge on any atom is -0.488 e. The minimum atomic E-state index is 0.142. The van der Waals surface area contributed by atoms with Crippen LogP contribution in [0.3, 0.4) is 0 Å². The maximum Gasteiger partial charge on any atom is 0.134 e. The van der Waals surface area contributed by atoms with Gasteiger partial charge in [0.05, 0.1) is 4.47 Å². The van der Waals surface area contributed by atoms with Gasteiger partial charge in [-0.25, -0.2) is 0 Å². The van der Waals surface area contributed by atoms with Gasteiger partial charge >= 0.3 is 0 Å². The van der Waals surface area contributed by atoms with Gasteiger partial charge in [-0.2, -0.15) is 0 Å². The van der Waals surface area contributed by atoms with Crippen LogP contribution in [-0.2, 0) is 0 Å². The predicted octanol–water partition coefficient (Wildman–Crippen LogP) is 5.15. The molecular formula is C18H24BrNO. The van der Waals surface area contributed by atoms with E-state index in [-0.39, 0.29) is 6.10 Å².